The molecule has 0 N–H and O–H groups in total. The number of nitrogens with zero attached hydrogens (tertiary/aromatic N) is 2. The van der Waals surface area contributed by atoms with Crippen molar-refractivity contribution in [2.75, 3.05) is 33.8 Å². The molecule has 0 bridgehead atoms. The predicted molar refractivity (Wildman–Crippen MR) is 119 cm³/mol. The molecule has 0 saturated heterocycles. The number of unbranched alkanes of at least 4 members (excludes halogenated alkanes) is 1. The van der Waals surface area contributed by atoms with Crippen molar-refractivity contribution in [2.45, 2.75) is 79.3 Å². The summed E-state index contributed by atoms with van der Waals surface area (Å²) in [5, 5.41) is 0. The summed E-state index contributed by atoms with van der Waals surface area (Å²) in [4.78, 5) is 14.7. The molecule has 1 rings (SSSR count). The van der Waals surface area contributed by atoms with Crippen LogP contribution in [0.1, 0.15) is 71.4 Å². The molecule has 4 heteroatoms. The van der Waals surface area contributed by atoms with E-state index in [2.05, 4.69) is 80.8 Å². The van der Waals surface area contributed by atoms with Crippen LogP contribution in [-0.4, -0.2) is 61.2 Å². The summed E-state index contributed by atoms with van der Waals surface area (Å²) in [7, 11) is 4.29. The number of amides is 1. The molecule has 0 heterocycles. The Morgan fingerprint density at radius 1 is 1.04 bits per heavy atom. The highest BCUT2D eigenvalue weighted by molar-refractivity contribution is 5.77. The molecule has 0 spiro atoms. The molecule has 1 amide bonds. The van der Waals surface area contributed by atoms with Gasteiger partial charge in [0.25, 0.3) is 5.91 Å². The molecule has 1 aromatic carbocycles. The summed E-state index contributed by atoms with van der Waals surface area (Å²) in [5.74, 6) is 1.75. The molecular formula is C24H43N2O2+. The minimum atomic E-state index is 0.241. The van der Waals surface area contributed by atoms with E-state index in [1.807, 2.05) is 4.90 Å². The van der Waals surface area contributed by atoms with Crippen LogP contribution in [-0.2, 0) is 4.79 Å². The van der Waals surface area contributed by atoms with E-state index < -0.39 is 0 Å². The topological polar surface area (TPSA) is 29.5 Å². The predicted octanol–water partition coefficient (Wildman–Crippen LogP) is 5.00. The summed E-state index contributed by atoms with van der Waals surface area (Å²) in [6, 6.07) is 6.98. The lowest BCUT2D eigenvalue weighted by atomic mass is 10.0. The number of carbonyl (C=O) groups excluding carboxylic acids is 1. The van der Waals surface area contributed by atoms with E-state index >= 15 is 0 Å². The highest BCUT2D eigenvalue weighted by atomic mass is 16.5. The molecule has 0 aliphatic carbocycles. The first-order valence-corrected chi connectivity index (χ1v) is 10.8. The zero-order valence-electron chi connectivity index (χ0n) is 19.7. The first-order valence-electron chi connectivity index (χ1n) is 10.8. The normalized spacial score (nSPS) is 12.1. The van der Waals surface area contributed by atoms with Crippen LogP contribution < -0.4 is 4.74 Å². The Labute approximate surface area is 173 Å². The highest BCUT2D eigenvalue weighted by Crippen LogP contribution is 2.24. The van der Waals surface area contributed by atoms with E-state index in [9.17, 15) is 4.79 Å². The van der Waals surface area contributed by atoms with E-state index in [0.717, 1.165) is 36.2 Å². The van der Waals surface area contributed by atoms with Gasteiger partial charge in [-0.3, -0.25) is 4.79 Å². The fourth-order valence-corrected chi connectivity index (χ4v) is 3.65. The molecule has 0 radical (unpaired) electrons. The number of rotatable bonds is 11. The number of hydrogen-bond donors (Lipinski definition) is 0. The minimum Gasteiger partial charge on any atom is -0.493 e. The third kappa shape index (κ3) is 7.83. The maximum absolute atomic E-state index is 12.7. The lowest BCUT2D eigenvalue weighted by molar-refractivity contribution is -0.883. The maximum atomic E-state index is 12.7. The molecule has 0 unspecified atom stereocenters. The van der Waals surface area contributed by atoms with Gasteiger partial charge in [0.1, 0.15) is 5.75 Å². The van der Waals surface area contributed by atoms with Gasteiger partial charge in [0, 0.05) is 12.1 Å². The first-order chi connectivity index (χ1) is 12.9. The van der Waals surface area contributed by atoms with Crippen LogP contribution >= 0.6 is 0 Å². The van der Waals surface area contributed by atoms with E-state index in [0.29, 0.717) is 12.5 Å². The molecule has 0 aliphatic heterocycles. The van der Waals surface area contributed by atoms with Crippen molar-refractivity contribution < 1.29 is 14.0 Å². The third-order valence-electron chi connectivity index (χ3n) is 5.26. The Bertz CT molecular complexity index is 613. The van der Waals surface area contributed by atoms with Crippen molar-refractivity contribution in [3.8, 4) is 5.75 Å². The van der Waals surface area contributed by atoms with E-state index in [1.54, 1.807) is 0 Å². The molecule has 1 aromatic rings. The Kier molecular flexibility index (Phi) is 9.49. The third-order valence-corrected chi connectivity index (χ3v) is 5.26. The van der Waals surface area contributed by atoms with Crippen LogP contribution in [0, 0.1) is 6.92 Å². The SMILES string of the molecule is Cc1ccc(C(C)C)cc1OCCCC[N+](C)(C)CC(=O)N(C(C)C)C(C)C. The molecular weight excluding hydrogens is 348 g/mol. The van der Waals surface area contributed by atoms with Crippen molar-refractivity contribution >= 4 is 5.91 Å². The van der Waals surface area contributed by atoms with Crippen molar-refractivity contribution in [3.05, 3.63) is 29.3 Å². The summed E-state index contributed by atoms with van der Waals surface area (Å²) in [5.41, 5.74) is 2.50. The van der Waals surface area contributed by atoms with Crippen LogP contribution in [0.5, 0.6) is 5.75 Å². The van der Waals surface area contributed by atoms with Crippen LogP contribution in [0.4, 0.5) is 0 Å². The molecule has 0 aliphatic rings. The molecule has 28 heavy (non-hydrogen) atoms. The molecule has 0 fully saturated rings. The number of likely N-dealkylation sites (N-methyl/N-ethyl adjacent to an activating group) is 1. The van der Waals surface area contributed by atoms with Gasteiger partial charge in [-0.15, -0.1) is 0 Å². The molecule has 0 aromatic heterocycles. The average molecular weight is 392 g/mol. The second-order valence-corrected chi connectivity index (χ2v) is 9.54. The van der Waals surface area contributed by atoms with Gasteiger partial charge in [-0.2, -0.15) is 0 Å². The molecule has 0 atom stereocenters. The van der Waals surface area contributed by atoms with Gasteiger partial charge in [0.05, 0.1) is 27.2 Å². The standard InChI is InChI=1S/C24H43N2O2/c1-18(2)22-13-12-21(7)23(16-22)28-15-11-10-14-26(8,9)17-24(27)25(19(3)4)20(5)6/h12-13,16,18-20H,10-11,14-15,17H2,1-9H3/q+1. The van der Waals surface area contributed by atoms with Gasteiger partial charge in [0.15, 0.2) is 6.54 Å². The maximum Gasteiger partial charge on any atom is 0.278 e. The zero-order valence-corrected chi connectivity index (χ0v) is 19.7. The zero-order chi connectivity index (χ0) is 21.5. The van der Waals surface area contributed by atoms with Crippen LogP contribution in [0.25, 0.3) is 0 Å². The number of benzene rings is 1. The smallest absolute Gasteiger partial charge is 0.278 e. The lowest BCUT2D eigenvalue weighted by Gasteiger charge is -2.35. The molecule has 0 saturated carbocycles. The molecule has 160 valence electrons. The quantitative estimate of drug-likeness (QED) is 0.392. The first kappa shape index (κ1) is 24.5. The van der Waals surface area contributed by atoms with Gasteiger partial charge in [-0.25, -0.2) is 0 Å². The second kappa shape index (κ2) is 10.8. The van der Waals surface area contributed by atoms with Gasteiger partial charge in [-0.1, -0.05) is 26.0 Å². The fourth-order valence-electron chi connectivity index (χ4n) is 3.65. The summed E-state index contributed by atoms with van der Waals surface area (Å²) in [6.45, 7) is 17.1. The Hall–Kier alpha value is -1.55. The monoisotopic (exact) mass is 391 g/mol. The van der Waals surface area contributed by atoms with Crippen molar-refractivity contribution in [3.63, 3.8) is 0 Å². The van der Waals surface area contributed by atoms with Crippen molar-refractivity contribution in [1.82, 2.24) is 4.90 Å². The van der Waals surface area contributed by atoms with Gasteiger partial charge >= 0.3 is 0 Å². The Morgan fingerprint density at radius 3 is 2.18 bits per heavy atom. The lowest BCUT2D eigenvalue weighted by Crippen LogP contribution is -2.52. The highest BCUT2D eigenvalue weighted by Gasteiger charge is 2.27. The van der Waals surface area contributed by atoms with Crippen molar-refractivity contribution in [2.24, 2.45) is 0 Å². The molecule has 4 nitrogen and oxygen atoms in total. The Morgan fingerprint density at radius 2 is 1.64 bits per heavy atom. The second-order valence-electron chi connectivity index (χ2n) is 9.54. The largest absolute Gasteiger partial charge is 0.493 e. The number of ether oxygens (including phenoxy) is 1. The van der Waals surface area contributed by atoms with E-state index in [1.165, 1.54) is 11.1 Å². The van der Waals surface area contributed by atoms with Crippen LogP contribution in [0.2, 0.25) is 0 Å². The summed E-state index contributed by atoms with van der Waals surface area (Å²) >= 11 is 0. The van der Waals surface area contributed by atoms with E-state index in [-0.39, 0.29) is 18.0 Å². The van der Waals surface area contributed by atoms with Gasteiger partial charge in [-0.05, 0) is 70.6 Å². The van der Waals surface area contributed by atoms with Crippen molar-refractivity contribution in [1.29, 1.82) is 0 Å². The van der Waals surface area contributed by atoms with E-state index in [4.69, 9.17) is 4.74 Å². The average Bonchev–Trinajstić information content (AvgIpc) is 2.54. The summed E-state index contributed by atoms with van der Waals surface area (Å²) < 4.78 is 6.76. The number of hydrogen-bond acceptors (Lipinski definition) is 2. The van der Waals surface area contributed by atoms with Gasteiger partial charge < -0.3 is 14.1 Å². The van der Waals surface area contributed by atoms with Gasteiger partial charge in [0.2, 0.25) is 0 Å². The number of quaternary nitrogens is 1. The summed E-state index contributed by atoms with van der Waals surface area (Å²) in [6.07, 6.45) is 2.05. The van der Waals surface area contributed by atoms with Crippen LogP contribution in [0.3, 0.4) is 0 Å². The van der Waals surface area contributed by atoms with Crippen LogP contribution in [0.15, 0.2) is 18.2 Å². The fraction of sp³-hybridized carbons (Fsp3) is 0.708. The number of aryl methyl sites for hydroxylation is 1. The number of carbonyl (C=O) groups is 1. The Balaban J connectivity index is 2.46. The minimum absolute atomic E-state index is 0.241.